The third kappa shape index (κ3) is 11.4. The zero-order valence-corrected chi connectivity index (χ0v) is 65.2. The van der Waals surface area contributed by atoms with Crippen molar-refractivity contribution in [2.24, 2.45) is 0 Å². The summed E-state index contributed by atoms with van der Waals surface area (Å²) in [6.45, 7) is 29.1. The quantitative estimate of drug-likeness (QED) is 0.0650. The van der Waals surface area contributed by atoms with Gasteiger partial charge in [-0.1, -0.05) is 313 Å². The van der Waals surface area contributed by atoms with Crippen LogP contribution in [0.2, 0.25) is 33.2 Å². The molecule has 0 amide bonds. The van der Waals surface area contributed by atoms with Crippen molar-refractivity contribution >= 4 is 124 Å². The van der Waals surface area contributed by atoms with Gasteiger partial charge in [0, 0.05) is 11.1 Å². The van der Waals surface area contributed by atoms with Gasteiger partial charge >= 0.3 is 0 Å². The van der Waals surface area contributed by atoms with E-state index in [1.54, 1.807) is 0 Å². The minimum Gasteiger partial charge on any atom is -0.125 e. The van der Waals surface area contributed by atoms with Crippen molar-refractivity contribution in [1.29, 1.82) is 0 Å². The first-order valence-corrected chi connectivity index (χ1v) is 43.0. The maximum Gasteiger partial charge on any atom is 0.146 e. The molecule has 106 heavy (non-hydrogen) atoms. The molecule has 514 valence electrons. The van der Waals surface area contributed by atoms with Crippen LogP contribution in [0.15, 0.2) is 291 Å². The summed E-state index contributed by atoms with van der Waals surface area (Å²) < 4.78 is 0. The Morgan fingerprint density at radius 1 is 0.189 bits per heavy atom. The largest absolute Gasteiger partial charge is 0.146 e. The molecule has 0 saturated carbocycles. The Labute approximate surface area is 627 Å². The third-order valence-corrected chi connectivity index (χ3v) is 37.0. The SMILES string of the molecule is CC(C)[Si](C#Cc1c2cc3ccccc3cc2c(C#C[Si](C(C)C)(C(C)C)C(C)C)c2cc3cc(-c4ccc5cc6cc7ccc(-c8ccc9c(-c%10ccccc%10)c%10c(-c%11ccccc%11)c%11ccccc%11c(-c%11ccccc%11)c%10c(-c%10ccccc%10)c9c8)cc7cc6cc5c4)ccc3cc12)(C(C)C)C(C)C. The fraction of sp³-hybridized carbons (Fsp3) is 0.173. The zero-order chi connectivity index (χ0) is 72.9. The maximum absolute atomic E-state index is 4.23. The molecule has 0 aliphatic carbocycles. The Morgan fingerprint density at radius 2 is 0.434 bits per heavy atom. The average Bonchev–Trinajstić information content (AvgIpc) is 0.696. The van der Waals surface area contributed by atoms with Gasteiger partial charge in [0.15, 0.2) is 0 Å². The van der Waals surface area contributed by atoms with E-state index < -0.39 is 16.1 Å². The lowest BCUT2D eigenvalue weighted by Gasteiger charge is -2.38. The Bertz CT molecular complexity index is 6470. The fourth-order valence-corrected chi connectivity index (χ4v) is 29.8. The van der Waals surface area contributed by atoms with Crippen LogP contribution >= 0.6 is 0 Å². The van der Waals surface area contributed by atoms with Crippen LogP contribution in [0.5, 0.6) is 0 Å². The number of rotatable bonds is 12. The topological polar surface area (TPSA) is 0 Å². The molecular formula is C104H90Si2. The molecule has 17 rings (SSSR count). The van der Waals surface area contributed by atoms with Gasteiger partial charge in [0.2, 0.25) is 0 Å². The zero-order valence-electron chi connectivity index (χ0n) is 63.2. The van der Waals surface area contributed by atoms with Crippen LogP contribution in [0.4, 0.5) is 0 Å². The predicted molar refractivity (Wildman–Crippen MR) is 470 cm³/mol. The molecular weight excluding hydrogens is 1310 g/mol. The molecule has 17 aromatic rings. The van der Waals surface area contributed by atoms with Crippen molar-refractivity contribution in [3.05, 3.63) is 302 Å². The van der Waals surface area contributed by atoms with Crippen LogP contribution in [-0.4, -0.2) is 16.1 Å². The van der Waals surface area contributed by atoms with Gasteiger partial charge in [-0.3, -0.25) is 0 Å². The van der Waals surface area contributed by atoms with Gasteiger partial charge in [-0.15, -0.1) is 11.1 Å². The minimum absolute atomic E-state index is 0.501. The van der Waals surface area contributed by atoms with Gasteiger partial charge in [-0.25, -0.2) is 0 Å². The van der Waals surface area contributed by atoms with Crippen molar-refractivity contribution in [2.75, 3.05) is 0 Å². The summed E-state index contributed by atoms with van der Waals surface area (Å²) in [5.74, 6) is 8.21. The highest BCUT2D eigenvalue weighted by molar-refractivity contribution is 6.91. The number of hydrogen-bond acceptors (Lipinski definition) is 0. The number of fused-ring (bicyclic) bond motifs is 10. The van der Waals surface area contributed by atoms with Crippen molar-refractivity contribution in [2.45, 2.75) is 116 Å². The summed E-state index contributed by atoms with van der Waals surface area (Å²) >= 11 is 0. The van der Waals surface area contributed by atoms with Crippen molar-refractivity contribution in [3.63, 3.8) is 0 Å². The Hall–Kier alpha value is -11.1. The molecule has 0 spiro atoms. The maximum atomic E-state index is 4.23. The highest BCUT2D eigenvalue weighted by atomic mass is 28.3. The first kappa shape index (κ1) is 68.0. The van der Waals surface area contributed by atoms with E-state index in [-0.39, 0.29) is 0 Å². The minimum atomic E-state index is -2.15. The highest BCUT2D eigenvalue weighted by Gasteiger charge is 2.43. The normalized spacial score (nSPS) is 12.3. The van der Waals surface area contributed by atoms with E-state index in [0.29, 0.717) is 33.2 Å². The standard InChI is InChI=1S/C104H90Si2/c1-65(2)105(66(3)4,67(5)6)51-49-89-94-60-75-37-25-26-38-76(75)61-95(94)90(50-52-106(68(7)8,69(9)10)70(11)12)97-64-88-55-78(43-46-83(88)62-96(89)97)77-41-44-80-56-86-57-81-45-42-79(54-85(81)59-87(86)58-84(80)53-77)82-47-48-93-98(63-82)102(74-35-23-16-24-36-74)104-100(72-31-19-14-20-32-72)92-40-28-27-39-91(92)99(71-29-17-13-18-30-71)103(104)101(93)73-33-21-15-22-34-73/h13-48,53-70H,1-12H3. The smallest absolute Gasteiger partial charge is 0.125 e. The van der Waals surface area contributed by atoms with E-state index in [4.69, 9.17) is 0 Å². The van der Waals surface area contributed by atoms with Crippen molar-refractivity contribution < 1.29 is 0 Å². The lowest BCUT2D eigenvalue weighted by molar-refractivity contribution is 0.838. The van der Waals surface area contributed by atoms with Crippen molar-refractivity contribution in [3.8, 4) is 89.7 Å². The van der Waals surface area contributed by atoms with Crippen LogP contribution in [0.3, 0.4) is 0 Å². The molecule has 0 fully saturated rings. The van der Waals surface area contributed by atoms with Crippen LogP contribution in [-0.2, 0) is 0 Å². The molecule has 0 radical (unpaired) electrons. The summed E-state index contributed by atoms with van der Waals surface area (Å²) in [6, 6.07) is 110. The van der Waals surface area contributed by atoms with E-state index in [0.717, 1.165) is 11.1 Å². The van der Waals surface area contributed by atoms with Crippen molar-refractivity contribution in [1.82, 2.24) is 0 Å². The molecule has 17 aromatic carbocycles. The van der Waals surface area contributed by atoms with Gasteiger partial charge < -0.3 is 0 Å². The second-order valence-corrected chi connectivity index (χ2v) is 43.1. The second-order valence-electron chi connectivity index (χ2n) is 31.9. The van der Waals surface area contributed by atoms with E-state index in [2.05, 4.69) is 397 Å². The summed E-state index contributed by atoms with van der Waals surface area (Å²) in [4.78, 5) is 0. The molecule has 0 heterocycles. The van der Waals surface area contributed by atoms with Gasteiger partial charge in [-0.05, 0) is 281 Å². The third-order valence-electron chi connectivity index (χ3n) is 24.4. The molecule has 2 heteroatoms. The monoisotopic (exact) mass is 1390 g/mol. The first-order chi connectivity index (χ1) is 51.5. The Balaban J connectivity index is 0.828. The second kappa shape index (κ2) is 27.1. The summed E-state index contributed by atoms with van der Waals surface area (Å²) in [5, 5.41) is 24.5. The molecule has 0 aliphatic rings. The van der Waals surface area contributed by atoms with Crippen LogP contribution in [0.1, 0.15) is 94.2 Å². The molecule has 0 N–H and O–H groups in total. The number of hydrogen-bond donors (Lipinski definition) is 0. The molecule has 0 unspecified atom stereocenters. The lowest BCUT2D eigenvalue weighted by atomic mass is 9.77. The number of benzene rings is 17. The van der Waals surface area contributed by atoms with Crippen LogP contribution in [0, 0.1) is 22.9 Å². The van der Waals surface area contributed by atoms with Gasteiger partial charge in [0.1, 0.15) is 16.1 Å². The highest BCUT2D eigenvalue weighted by Crippen LogP contribution is 2.55. The molecule has 0 aromatic heterocycles. The fourth-order valence-electron chi connectivity index (χ4n) is 19.4. The summed E-state index contributed by atoms with van der Waals surface area (Å²) in [5.41, 5.74) is 28.3. The van der Waals surface area contributed by atoms with Crippen LogP contribution < -0.4 is 0 Å². The molecule has 0 bridgehead atoms. The summed E-state index contributed by atoms with van der Waals surface area (Å²) in [7, 11) is -4.29. The molecule has 0 saturated heterocycles. The van der Waals surface area contributed by atoms with E-state index in [1.807, 2.05) is 0 Å². The van der Waals surface area contributed by atoms with Crippen LogP contribution in [0.25, 0.3) is 174 Å². The van der Waals surface area contributed by atoms with E-state index in [1.165, 1.54) is 174 Å². The first-order valence-electron chi connectivity index (χ1n) is 38.5. The molecule has 0 atom stereocenters. The predicted octanol–water partition coefficient (Wildman–Crippen LogP) is 30.4. The Kier molecular flexibility index (Phi) is 17.4. The average molecular weight is 1400 g/mol. The van der Waals surface area contributed by atoms with Gasteiger partial charge in [0.25, 0.3) is 0 Å². The Morgan fingerprint density at radius 3 is 0.783 bits per heavy atom. The lowest BCUT2D eigenvalue weighted by Crippen LogP contribution is -2.43. The van der Waals surface area contributed by atoms with E-state index >= 15 is 0 Å². The summed E-state index contributed by atoms with van der Waals surface area (Å²) in [6.07, 6.45) is 0. The molecule has 0 aliphatic heterocycles. The molecule has 0 nitrogen and oxygen atoms in total. The van der Waals surface area contributed by atoms with Gasteiger partial charge in [-0.2, -0.15) is 0 Å². The van der Waals surface area contributed by atoms with Gasteiger partial charge in [0.05, 0.1) is 0 Å². The van der Waals surface area contributed by atoms with E-state index in [9.17, 15) is 0 Å².